The lowest BCUT2D eigenvalue weighted by Gasteiger charge is -2.00. The molecule has 0 atom stereocenters. The minimum absolute atomic E-state index is 0.349. The molecule has 16 heavy (non-hydrogen) atoms. The van der Waals surface area contributed by atoms with Gasteiger partial charge in [0.1, 0.15) is 0 Å². The van der Waals surface area contributed by atoms with E-state index in [0.717, 1.165) is 12.8 Å². The van der Waals surface area contributed by atoms with Crippen LogP contribution in [0.1, 0.15) is 45.4 Å². The molecule has 0 amide bonds. The molecule has 0 fully saturated rings. The third-order valence-corrected chi connectivity index (χ3v) is 1.72. The molecule has 0 rings (SSSR count). The van der Waals surface area contributed by atoms with Crippen molar-refractivity contribution in [3.05, 3.63) is 0 Å². The second-order valence-corrected chi connectivity index (χ2v) is 4.22. The normalized spacial score (nSPS) is 9.56. The van der Waals surface area contributed by atoms with Crippen LogP contribution in [0.15, 0.2) is 0 Å². The highest BCUT2D eigenvalue weighted by molar-refractivity contribution is 5.56. The molecule has 4 heteroatoms. The second kappa shape index (κ2) is 14.2. The van der Waals surface area contributed by atoms with E-state index in [1.807, 2.05) is 26.0 Å². The van der Waals surface area contributed by atoms with Crippen molar-refractivity contribution in [2.45, 2.75) is 45.4 Å². The Hall–Kier alpha value is -0.770. The number of carbonyl (C=O) groups is 1. The van der Waals surface area contributed by atoms with Crippen LogP contribution in [0, 0.1) is 0 Å². The van der Waals surface area contributed by atoms with Gasteiger partial charge in [0.25, 0.3) is 0 Å². The number of hydrogen-bond donors (Lipinski definition) is 1. The molecule has 0 aromatic carbocycles. The molecule has 0 aromatic rings. The fourth-order valence-corrected chi connectivity index (χ4v) is 1.04. The van der Waals surface area contributed by atoms with E-state index in [4.69, 9.17) is 5.11 Å². The first-order valence-corrected chi connectivity index (χ1v) is 5.97. The van der Waals surface area contributed by atoms with Crippen molar-refractivity contribution in [3.63, 3.8) is 0 Å². The van der Waals surface area contributed by atoms with E-state index >= 15 is 0 Å². The second-order valence-electron chi connectivity index (χ2n) is 4.22. The molecule has 0 saturated heterocycles. The van der Waals surface area contributed by atoms with Crippen LogP contribution >= 0.6 is 0 Å². The number of ether oxygens (including phenoxy) is 1. The number of rotatable bonds is 7. The van der Waals surface area contributed by atoms with Crippen LogP contribution in [0.3, 0.4) is 0 Å². The topological polar surface area (TPSA) is 49.8 Å². The molecule has 0 saturated carbocycles. The maximum Gasteiger partial charge on any atom is 0.505 e. The third kappa shape index (κ3) is 29.2. The Morgan fingerprint density at radius 2 is 1.50 bits per heavy atom. The summed E-state index contributed by atoms with van der Waals surface area (Å²) in [6.45, 7) is 2.52. The Labute approximate surface area is 99.6 Å². The largest absolute Gasteiger partial charge is 0.505 e. The van der Waals surface area contributed by atoms with Gasteiger partial charge in [-0.05, 0) is 27.6 Å². The standard InChI is InChI=1S/C9H18O3.C3H9N/c1-2-3-4-5-6-7-8-12-9(10)11;1-4(2)3/h2-8H2,1H3,(H,10,11);1-3H3. The van der Waals surface area contributed by atoms with Crippen LogP contribution < -0.4 is 0 Å². The monoisotopic (exact) mass is 233 g/mol. The van der Waals surface area contributed by atoms with E-state index in [9.17, 15) is 4.79 Å². The number of carboxylic acid groups (broad SMARTS) is 1. The molecule has 0 heterocycles. The summed E-state index contributed by atoms with van der Waals surface area (Å²) in [5.41, 5.74) is 0. The van der Waals surface area contributed by atoms with Crippen molar-refractivity contribution in [3.8, 4) is 0 Å². The van der Waals surface area contributed by atoms with Crippen LogP contribution in [0.2, 0.25) is 0 Å². The minimum atomic E-state index is -1.16. The number of hydrogen-bond acceptors (Lipinski definition) is 3. The van der Waals surface area contributed by atoms with Gasteiger partial charge in [-0.15, -0.1) is 0 Å². The zero-order valence-corrected chi connectivity index (χ0v) is 11.2. The van der Waals surface area contributed by atoms with Gasteiger partial charge in [0.05, 0.1) is 6.61 Å². The SMILES string of the molecule is CCCCCCCCOC(=O)O.CN(C)C. The van der Waals surface area contributed by atoms with Gasteiger partial charge in [-0.1, -0.05) is 39.0 Å². The van der Waals surface area contributed by atoms with E-state index in [0.29, 0.717) is 6.61 Å². The van der Waals surface area contributed by atoms with Gasteiger partial charge < -0.3 is 14.7 Å². The maximum absolute atomic E-state index is 9.91. The highest BCUT2D eigenvalue weighted by Crippen LogP contribution is 2.04. The minimum Gasteiger partial charge on any atom is -0.450 e. The van der Waals surface area contributed by atoms with Crippen molar-refractivity contribution < 1.29 is 14.6 Å². The first-order chi connectivity index (χ1) is 7.50. The van der Waals surface area contributed by atoms with Crippen LogP contribution in [-0.4, -0.2) is 43.9 Å². The number of nitrogens with zero attached hydrogens (tertiary/aromatic N) is 1. The first-order valence-electron chi connectivity index (χ1n) is 5.97. The van der Waals surface area contributed by atoms with E-state index in [-0.39, 0.29) is 0 Å². The van der Waals surface area contributed by atoms with Gasteiger partial charge in [0, 0.05) is 0 Å². The Bertz CT molecular complexity index is 146. The van der Waals surface area contributed by atoms with E-state index in [2.05, 4.69) is 11.7 Å². The Morgan fingerprint density at radius 3 is 1.94 bits per heavy atom. The Morgan fingerprint density at radius 1 is 1.06 bits per heavy atom. The Kier molecular flexibility index (Phi) is 15.7. The first kappa shape index (κ1) is 17.6. The summed E-state index contributed by atoms with van der Waals surface area (Å²) in [5.74, 6) is 0. The zero-order chi connectivity index (χ0) is 12.8. The molecule has 0 aromatic heterocycles. The van der Waals surface area contributed by atoms with Gasteiger partial charge in [0.2, 0.25) is 0 Å². The van der Waals surface area contributed by atoms with Crippen LogP contribution in [0.5, 0.6) is 0 Å². The molecule has 0 aliphatic rings. The summed E-state index contributed by atoms with van der Waals surface area (Å²) < 4.78 is 4.37. The summed E-state index contributed by atoms with van der Waals surface area (Å²) in [5, 5.41) is 8.13. The van der Waals surface area contributed by atoms with Crippen molar-refractivity contribution in [1.82, 2.24) is 4.90 Å². The quantitative estimate of drug-likeness (QED) is 0.542. The van der Waals surface area contributed by atoms with Crippen molar-refractivity contribution in [2.24, 2.45) is 0 Å². The highest BCUT2D eigenvalue weighted by Gasteiger charge is 1.94. The molecule has 0 aliphatic carbocycles. The molecule has 0 spiro atoms. The lowest BCUT2D eigenvalue weighted by Crippen LogP contribution is -2.01. The summed E-state index contributed by atoms with van der Waals surface area (Å²) >= 11 is 0. The summed E-state index contributed by atoms with van der Waals surface area (Å²) in [4.78, 5) is 11.9. The van der Waals surface area contributed by atoms with Crippen LogP contribution in [0.4, 0.5) is 4.79 Å². The Balaban J connectivity index is 0. The lowest BCUT2D eigenvalue weighted by atomic mass is 10.1. The predicted molar refractivity (Wildman–Crippen MR) is 67.0 cm³/mol. The zero-order valence-electron chi connectivity index (χ0n) is 11.2. The highest BCUT2D eigenvalue weighted by atomic mass is 16.7. The summed E-state index contributed by atoms with van der Waals surface area (Å²) in [6.07, 6.45) is 5.73. The van der Waals surface area contributed by atoms with Gasteiger partial charge in [0.15, 0.2) is 0 Å². The van der Waals surface area contributed by atoms with Crippen molar-refractivity contribution in [1.29, 1.82) is 0 Å². The van der Waals surface area contributed by atoms with E-state index in [1.165, 1.54) is 25.7 Å². The molecule has 1 N–H and O–H groups in total. The molecular formula is C12H27NO3. The fraction of sp³-hybridized carbons (Fsp3) is 0.917. The molecule has 98 valence electrons. The molecule has 0 unspecified atom stereocenters. The fourth-order valence-electron chi connectivity index (χ4n) is 1.04. The number of unbranched alkanes of at least 4 members (excludes halogenated alkanes) is 5. The van der Waals surface area contributed by atoms with Crippen LogP contribution in [0.25, 0.3) is 0 Å². The van der Waals surface area contributed by atoms with Gasteiger partial charge in [-0.3, -0.25) is 0 Å². The smallest absolute Gasteiger partial charge is 0.450 e. The molecule has 0 radical (unpaired) electrons. The average Bonchev–Trinajstić information content (AvgIpc) is 2.15. The summed E-state index contributed by atoms with van der Waals surface area (Å²) in [6, 6.07) is 0. The predicted octanol–water partition coefficient (Wildman–Crippen LogP) is 3.22. The van der Waals surface area contributed by atoms with E-state index < -0.39 is 6.16 Å². The molecular weight excluding hydrogens is 206 g/mol. The molecule has 0 bridgehead atoms. The lowest BCUT2D eigenvalue weighted by molar-refractivity contribution is 0.0899. The molecule has 4 nitrogen and oxygen atoms in total. The van der Waals surface area contributed by atoms with Gasteiger partial charge in [-0.2, -0.15) is 0 Å². The van der Waals surface area contributed by atoms with Crippen molar-refractivity contribution in [2.75, 3.05) is 27.7 Å². The maximum atomic E-state index is 9.91. The van der Waals surface area contributed by atoms with Crippen LogP contribution in [-0.2, 0) is 4.74 Å². The molecule has 0 aliphatic heterocycles. The third-order valence-electron chi connectivity index (χ3n) is 1.72. The average molecular weight is 233 g/mol. The van der Waals surface area contributed by atoms with Gasteiger partial charge in [-0.25, -0.2) is 4.79 Å². The van der Waals surface area contributed by atoms with Crippen molar-refractivity contribution >= 4 is 6.16 Å². The van der Waals surface area contributed by atoms with E-state index in [1.54, 1.807) is 0 Å². The summed E-state index contributed by atoms with van der Waals surface area (Å²) in [7, 11) is 6.00. The van der Waals surface area contributed by atoms with Gasteiger partial charge >= 0.3 is 6.16 Å².